The van der Waals surface area contributed by atoms with Crippen LogP contribution in [0.2, 0.25) is 0 Å². The molecule has 4 nitrogen and oxygen atoms in total. The van der Waals surface area contributed by atoms with Crippen molar-refractivity contribution in [2.24, 2.45) is 0 Å². The standard InChI is InChI=1S/C20H19F2N3OS/c1-12-4-6-15(7-5-12)25-14(3)20(13(2)24-25)23-19(26)11-27-16-8-9-17(21)18(22)10-16/h4-10H,11H2,1-3H3,(H,23,26). The molecule has 0 aliphatic rings. The van der Waals surface area contributed by atoms with Crippen molar-refractivity contribution in [1.82, 2.24) is 9.78 Å². The van der Waals surface area contributed by atoms with Gasteiger partial charge in [-0.25, -0.2) is 13.5 Å². The van der Waals surface area contributed by atoms with Gasteiger partial charge in [-0.1, -0.05) is 17.7 Å². The summed E-state index contributed by atoms with van der Waals surface area (Å²) in [6.07, 6.45) is 0. The van der Waals surface area contributed by atoms with E-state index in [1.165, 1.54) is 6.07 Å². The third-order valence-electron chi connectivity index (χ3n) is 4.10. The lowest BCUT2D eigenvalue weighted by Gasteiger charge is -2.08. The van der Waals surface area contributed by atoms with Crippen molar-refractivity contribution in [2.45, 2.75) is 25.7 Å². The number of anilines is 1. The summed E-state index contributed by atoms with van der Waals surface area (Å²) in [4.78, 5) is 12.8. The van der Waals surface area contributed by atoms with E-state index in [1.807, 2.05) is 45.0 Å². The highest BCUT2D eigenvalue weighted by atomic mass is 32.2. The first-order chi connectivity index (χ1) is 12.8. The minimum atomic E-state index is -0.925. The highest BCUT2D eigenvalue weighted by Gasteiger charge is 2.15. The third kappa shape index (κ3) is 4.36. The number of rotatable bonds is 5. The second-order valence-electron chi connectivity index (χ2n) is 6.21. The van der Waals surface area contributed by atoms with Gasteiger partial charge in [-0.2, -0.15) is 5.10 Å². The van der Waals surface area contributed by atoms with Gasteiger partial charge in [0.05, 0.1) is 28.5 Å². The van der Waals surface area contributed by atoms with Crippen LogP contribution in [0, 0.1) is 32.4 Å². The number of aryl methyl sites for hydroxylation is 2. The Morgan fingerprint density at radius 1 is 1.07 bits per heavy atom. The molecule has 0 bridgehead atoms. The van der Waals surface area contributed by atoms with E-state index < -0.39 is 11.6 Å². The lowest BCUT2D eigenvalue weighted by atomic mass is 10.2. The second-order valence-corrected chi connectivity index (χ2v) is 7.25. The normalized spacial score (nSPS) is 10.9. The topological polar surface area (TPSA) is 46.9 Å². The van der Waals surface area contributed by atoms with Gasteiger partial charge >= 0.3 is 0 Å². The molecule has 27 heavy (non-hydrogen) atoms. The maximum atomic E-state index is 13.2. The van der Waals surface area contributed by atoms with Crippen molar-refractivity contribution in [1.29, 1.82) is 0 Å². The summed E-state index contributed by atoms with van der Waals surface area (Å²) in [5.74, 6) is -1.98. The van der Waals surface area contributed by atoms with Crippen molar-refractivity contribution < 1.29 is 13.6 Å². The van der Waals surface area contributed by atoms with Crippen LogP contribution in [0.5, 0.6) is 0 Å². The molecule has 1 heterocycles. The fourth-order valence-electron chi connectivity index (χ4n) is 2.65. The molecule has 0 aliphatic carbocycles. The zero-order valence-electron chi connectivity index (χ0n) is 15.2. The molecule has 0 atom stereocenters. The van der Waals surface area contributed by atoms with Crippen LogP contribution in [0.4, 0.5) is 14.5 Å². The Labute approximate surface area is 160 Å². The Morgan fingerprint density at radius 2 is 1.78 bits per heavy atom. The minimum Gasteiger partial charge on any atom is -0.322 e. The van der Waals surface area contributed by atoms with Crippen molar-refractivity contribution in [2.75, 3.05) is 11.1 Å². The van der Waals surface area contributed by atoms with Gasteiger partial charge in [-0.05, 0) is 51.1 Å². The minimum absolute atomic E-state index is 0.0830. The molecule has 1 N–H and O–H groups in total. The molecule has 0 saturated heterocycles. The molecule has 3 aromatic rings. The third-order valence-corrected chi connectivity index (χ3v) is 5.09. The van der Waals surface area contributed by atoms with Crippen LogP contribution in [0.3, 0.4) is 0 Å². The van der Waals surface area contributed by atoms with Gasteiger partial charge in [0.15, 0.2) is 11.6 Å². The zero-order valence-corrected chi connectivity index (χ0v) is 16.0. The summed E-state index contributed by atoms with van der Waals surface area (Å²) >= 11 is 1.14. The predicted molar refractivity (Wildman–Crippen MR) is 103 cm³/mol. The Kier molecular flexibility index (Phi) is 5.60. The molecule has 7 heteroatoms. The van der Waals surface area contributed by atoms with Gasteiger partial charge in [0.1, 0.15) is 0 Å². The first kappa shape index (κ1) is 19.1. The predicted octanol–water partition coefficient (Wildman–Crippen LogP) is 4.81. The van der Waals surface area contributed by atoms with E-state index in [0.717, 1.165) is 40.8 Å². The number of thioether (sulfide) groups is 1. The first-order valence-corrected chi connectivity index (χ1v) is 9.34. The summed E-state index contributed by atoms with van der Waals surface area (Å²) in [7, 11) is 0. The van der Waals surface area contributed by atoms with Crippen molar-refractivity contribution >= 4 is 23.4 Å². The molecule has 0 radical (unpaired) electrons. The van der Waals surface area contributed by atoms with Gasteiger partial charge in [-0.15, -0.1) is 11.8 Å². The molecule has 2 aromatic carbocycles. The van der Waals surface area contributed by atoms with Crippen LogP contribution in [-0.4, -0.2) is 21.4 Å². The molecular weight excluding hydrogens is 368 g/mol. The average molecular weight is 387 g/mol. The smallest absolute Gasteiger partial charge is 0.234 e. The number of halogens is 2. The fourth-order valence-corrected chi connectivity index (χ4v) is 3.37. The molecule has 3 rings (SSSR count). The molecule has 0 spiro atoms. The Bertz CT molecular complexity index is 984. The molecule has 0 fully saturated rings. The molecule has 1 amide bonds. The lowest BCUT2D eigenvalue weighted by Crippen LogP contribution is -2.15. The van der Waals surface area contributed by atoms with Gasteiger partial charge in [0.25, 0.3) is 0 Å². The van der Waals surface area contributed by atoms with Crippen LogP contribution in [0.1, 0.15) is 17.0 Å². The molecule has 0 saturated carbocycles. The van der Waals surface area contributed by atoms with E-state index in [1.54, 1.807) is 4.68 Å². The molecular formula is C20H19F2N3OS. The Balaban J connectivity index is 1.70. The van der Waals surface area contributed by atoms with Crippen LogP contribution in [0.15, 0.2) is 47.4 Å². The highest BCUT2D eigenvalue weighted by molar-refractivity contribution is 8.00. The van der Waals surface area contributed by atoms with Crippen molar-refractivity contribution in [3.63, 3.8) is 0 Å². The van der Waals surface area contributed by atoms with Gasteiger partial charge in [0.2, 0.25) is 5.91 Å². The second kappa shape index (κ2) is 7.92. The zero-order chi connectivity index (χ0) is 19.6. The highest BCUT2D eigenvalue weighted by Crippen LogP contribution is 2.25. The van der Waals surface area contributed by atoms with Gasteiger partial charge in [-0.3, -0.25) is 4.79 Å². The number of carbonyl (C=O) groups is 1. The van der Waals surface area contributed by atoms with Crippen LogP contribution in [-0.2, 0) is 4.79 Å². The lowest BCUT2D eigenvalue weighted by molar-refractivity contribution is -0.113. The number of hydrogen-bond donors (Lipinski definition) is 1. The first-order valence-electron chi connectivity index (χ1n) is 8.36. The monoisotopic (exact) mass is 387 g/mol. The summed E-state index contributed by atoms with van der Waals surface area (Å²) in [6, 6.07) is 11.5. The van der Waals surface area contributed by atoms with Crippen LogP contribution in [0.25, 0.3) is 5.69 Å². The number of amides is 1. The van der Waals surface area contributed by atoms with E-state index in [0.29, 0.717) is 16.3 Å². The molecule has 140 valence electrons. The van der Waals surface area contributed by atoms with E-state index in [2.05, 4.69) is 10.4 Å². The van der Waals surface area contributed by atoms with Crippen LogP contribution < -0.4 is 5.32 Å². The summed E-state index contributed by atoms with van der Waals surface area (Å²) in [5.41, 5.74) is 4.26. The molecule has 1 aromatic heterocycles. The number of nitrogens with one attached hydrogen (secondary N) is 1. The summed E-state index contributed by atoms with van der Waals surface area (Å²) in [6.45, 7) is 5.73. The summed E-state index contributed by atoms with van der Waals surface area (Å²) < 4.78 is 28.0. The molecule has 0 unspecified atom stereocenters. The maximum Gasteiger partial charge on any atom is 0.234 e. The maximum absolute atomic E-state index is 13.2. The van der Waals surface area contributed by atoms with Gasteiger partial charge < -0.3 is 5.32 Å². The summed E-state index contributed by atoms with van der Waals surface area (Å²) in [5, 5.41) is 7.37. The van der Waals surface area contributed by atoms with E-state index >= 15 is 0 Å². The van der Waals surface area contributed by atoms with Crippen LogP contribution >= 0.6 is 11.8 Å². The fraction of sp³-hybridized carbons (Fsp3) is 0.200. The quantitative estimate of drug-likeness (QED) is 0.640. The number of hydrogen-bond acceptors (Lipinski definition) is 3. The van der Waals surface area contributed by atoms with Crippen molar-refractivity contribution in [3.8, 4) is 5.69 Å². The van der Waals surface area contributed by atoms with E-state index in [-0.39, 0.29) is 11.7 Å². The van der Waals surface area contributed by atoms with E-state index in [4.69, 9.17) is 0 Å². The average Bonchev–Trinajstić information content (AvgIpc) is 2.91. The molecule has 0 aliphatic heterocycles. The SMILES string of the molecule is Cc1ccc(-n2nc(C)c(NC(=O)CSc3ccc(F)c(F)c3)c2C)cc1. The largest absolute Gasteiger partial charge is 0.322 e. The van der Waals surface area contributed by atoms with E-state index in [9.17, 15) is 13.6 Å². The number of carbonyl (C=O) groups excluding carboxylic acids is 1. The number of aromatic nitrogens is 2. The Morgan fingerprint density at radius 3 is 2.44 bits per heavy atom. The number of benzene rings is 2. The Hall–Kier alpha value is -2.67. The van der Waals surface area contributed by atoms with Gasteiger partial charge in [0, 0.05) is 4.90 Å². The number of nitrogens with zero attached hydrogens (tertiary/aromatic N) is 2. The van der Waals surface area contributed by atoms with Crippen molar-refractivity contribution in [3.05, 3.63) is 71.1 Å².